The minimum atomic E-state index is -4.48. The van der Waals surface area contributed by atoms with E-state index in [1.807, 2.05) is 6.92 Å². The minimum Gasteiger partial charge on any atom is -0.366 e. The zero-order valence-corrected chi connectivity index (χ0v) is 13.9. The number of nitrogens with two attached hydrogens (primary N) is 1. The van der Waals surface area contributed by atoms with Gasteiger partial charge in [0.2, 0.25) is 5.91 Å². The lowest BCUT2D eigenvalue weighted by atomic mass is 9.95. The van der Waals surface area contributed by atoms with Gasteiger partial charge >= 0.3 is 6.18 Å². The number of halogens is 3. The Morgan fingerprint density at radius 3 is 2.40 bits per heavy atom. The van der Waals surface area contributed by atoms with Crippen molar-refractivity contribution in [3.63, 3.8) is 0 Å². The Kier molecular flexibility index (Phi) is 3.82. The number of primary amides is 1. The highest BCUT2D eigenvalue weighted by molar-refractivity contribution is 5.96. The Bertz CT molecular complexity index is 1000. The van der Waals surface area contributed by atoms with Gasteiger partial charge in [-0.15, -0.1) is 0 Å². The Morgan fingerprint density at radius 2 is 1.80 bits per heavy atom. The van der Waals surface area contributed by atoms with Gasteiger partial charge in [-0.25, -0.2) is 4.98 Å². The Hall–Kier alpha value is -2.83. The molecule has 0 saturated carbocycles. The summed E-state index contributed by atoms with van der Waals surface area (Å²) in [6.45, 7) is 4.96. The van der Waals surface area contributed by atoms with Crippen molar-refractivity contribution in [2.75, 3.05) is 0 Å². The van der Waals surface area contributed by atoms with Crippen molar-refractivity contribution in [2.45, 2.75) is 26.9 Å². The molecule has 2 heterocycles. The average Bonchev–Trinajstić information content (AvgIpc) is 2.84. The third-order valence-corrected chi connectivity index (χ3v) is 4.39. The van der Waals surface area contributed by atoms with E-state index in [0.29, 0.717) is 16.7 Å². The lowest BCUT2D eigenvalue weighted by Crippen LogP contribution is -2.13. The van der Waals surface area contributed by atoms with Crippen LogP contribution in [0.2, 0.25) is 0 Å². The summed E-state index contributed by atoms with van der Waals surface area (Å²) in [4.78, 5) is 18.4. The van der Waals surface area contributed by atoms with Crippen LogP contribution in [0.5, 0.6) is 0 Å². The van der Waals surface area contributed by atoms with E-state index in [4.69, 9.17) is 5.73 Å². The Balaban J connectivity index is 2.26. The van der Waals surface area contributed by atoms with Crippen molar-refractivity contribution in [1.82, 2.24) is 9.97 Å². The first-order chi connectivity index (χ1) is 11.6. The lowest BCUT2D eigenvalue weighted by Gasteiger charge is -2.11. The number of rotatable bonds is 2. The highest BCUT2D eigenvalue weighted by Crippen LogP contribution is 2.38. The van der Waals surface area contributed by atoms with Gasteiger partial charge in [0.1, 0.15) is 5.65 Å². The number of carbonyl (C=O) groups is 1. The molecule has 3 rings (SSSR count). The summed E-state index contributed by atoms with van der Waals surface area (Å²) in [5.41, 5.74) is 7.87. The number of nitrogens with one attached hydrogen (secondary N) is 1. The van der Waals surface area contributed by atoms with E-state index >= 15 is 0 Å². The second-order valence-electron chi connectivity index (χ2n) is 6.07. The molecule has 4 nitrogen and oxygen atoms in total. The fraction of sp³-hybridized carbons (Fsp3) is 0.222. The van der Waals surface area contributed by atoms with Crippen LogP contribution in [0, 0.1) is 20.8 Å². The molecule has 0 spiro atoms. The molecule has 3 aromatic rings. The summed E-state index contributed by atoms with van der Waals surface area (Å²) in [5, 5.41) is 0.00125. The van der Waals surface area contributed by atoms with Gasteiger partial charge in [-0.2, -0.15) is 13.2 Å². The molecule has 0 unspecified atom stereocenters. The SMILES string of the molecule is Cc1cc(-c2cnc3[nH]c(C)c(C(F)(F)F)c3c2)cc(C(N)=O)c1C. The zero-order chi connectivity index (χ0) is 18.5. The van der Waals surface area contributed by atoms with Gasteiger partial charge < -0.3 is 10.7 Å². The van der Waals surface area contributed by atoms with E-state index in [1.165, 1.54) is 19.2 Å². The number of amides is 1. The molecule has 0 aliphatic carbocycles. The highest BCUT2D eigenvalue weighted by atomic mass is 19.4. The van der Waals surface area contributed by atoms with Crippen molar-refractivity contribution in [3.8, 4) is 11.1 Å². The van der Waals surface area contributed by atoms with Gasteiger partial charge in [0.05, 0.1) is 5.56 Å². The second-order valence-corrected chi connectivity index (χ2v) is 6.07. The average molecular weight is 347 g/mol. The van der Waals surface area contributed by atoms with Gasteiger partial charge in [0.15, 0.2) is 0 Å². The van der Waals surface area contributed by atoms with E-state index < -0.39 is 17.6 Å². The summed E-state index contributed by atoms with van der Waals surface area (Å²) in [5.74, 6) is -0.579. The molecule has 0 aliphatic rings. The molecule has 0 atom stereocenters. The van der Waals surface area contributed by atoms with Gasteiger partial charge in [-0.05, 0) is 49.6 Å². The van der Waals surface area contributed by atoms with Gasteiger partial charge in [-0.1, -0.05) is 6.07 Å². The van der Waals surface area contributed by atoms with E-state index in [1.54, 1.807) is 19.1 Å². The smallest absolute Gasteiger partial charge is 0.366 e. The first-order valence-corrected chi connectivity index (χ1v) is 7.56. The molecule has 25 heavy (non-hydrogen) atoms. The van der Waals surface area contributed by atoms with Crippen LogP contribution in [0.4, 0.5) is 13.2 Å². The first kappa shape index (κ1) is 17.0. The van der Waals surface area contributed by atoms with E-state index in [9.17, 15) is 18.0 Å². The normalized spacial score (nSPS) is 11.9. The molecule has 0 fully saturated rings. The summed E-state index contributed by atoms with van der Waals surface area (Å²) in [6, 6.07) is 4.82. The summed E-state index contributed by atoms with van der Waals surface area (Å²) < 4.78 is 40.0. The fourth-order valence-corrected chi connectivity index (χ4v) is 3.00. The monoisotopic (exact) mass is 347 g/mol. The van der Waals surface area contributed by atoms with Crippen molar-refractivity contribution >= 4 is 16.9 Å². The third-order valence-electron chi connectivity index (χ3n) is 4.39. The quantitative estimate of drug-likeness (QED) is 0.726. The van der Waals surface area contributed by atoms with Gasteiger partial charge in [0.25, 0.3) is 0 Å². The minimum absolute atomic E-state index is 0.00125. The molecule has 1 amide bonds. The maximum Gasteiger partial charge on any atom is 0.418 e. The molecule has 0 aliphatic heterocycles. The van der Waals surface area contributed by atoms with E-state index in [2.05, 4.69) is 9.97 Å². The number of nitrogens with zero attached hydrogens (tertiary/aromatic N) is 1. The number of H-pyrrole nitrogens is 1. The molecule has 1 aromatic carbocycles. The van der Waals surface area contributed by atoms with Crippen LogP contribution in [0.15, 0.2) is 24.4 Å². The number of aromatic nitrogens is 2. The summed E-state index contributed by atoms with van der Waals surface area (Å²) in [6.07, 6.45) is -3.00. The largest absolute Gasteiger partial charge is 0.418 e. The molecule has 3 N–H and O–H groups in total. The van der Waals surface area contributed by atoms with E-state index in [0.717, 1.165) is 11.1 Å². The number of benzene rings is 1. The second kappa shape index (κ2) is 5.61. The number of aryl methyl sites for hydroxylation is 2. The molecular weight excluding hydrogens is 331 g/mol. The van der Waals surface area contributed by atoms with Crippen molar-refractivity contribution in [2.24, 2.45) is 5.73 Å². The maximum atomic E-state index is 13.3. The van der Waals surface area contributed by atoms with Crippen LogP contribution in [0.3, 0.4) is 0 Å². The van der Waals surface area contributed by atoms with Crippen molar-refractivity contribution < 1.29 is 18.0 Å². The third kappa shape index (κ3) is 2.86. The predicted molar refractivity (Wildman–Crippen MR) is 89.3 cm³/mol. The van der Waals surface area contributed by atoms with E-state index in [-0.39, 0.29) is 16.7 Å². The maximum absolute atomic E-state index is 13.3. The predicted octanol–water partition coefficient (Wildman–Crippen LogP) is 4.27. The van der Waals surface area contributed by atoms with Gasteiger partial charge in [-0.3, -0.25) is 4.79 Å². The topological polar surface area (TPSA) is 71.8 Å². The molecule has 2 aromatic heterocycles. The van der Waals surface area contributed by atoms with Crippen LogP contribution >= 0.6 is 0 Å². The highest BCUT2D eigenvalue weighted by Gasteiger charge is 2.36. The molecular formula is C18H16F3N3O. The van der Waals surface area contributed by atoms with Crippen LogP contribution in [0.1, 0.15) is 32.7 Å². The molecule has 7 heteroatoms. The number of alkyl halides is 3. The zero-order valence-electron chi connectivity index (χ0n) is 13.9. The number of pyridine rings is 1. The van der Waals surface area contributed by atoms with Crippen molar-refractivity contribution in [1.29, 1.82) is 0 Å². The Morgan fingerprint density at radius 1 is 1.12 bits per heavy atom. The summed E-state index contributed by atoms with van der Waals surface area (Å²) in [7, 11) is 0. The van der Waals surface area contributed by atoms with Crippen LogP contribution in [-0.2, 0) is 6.18 Å². The van der Waals surface area contributed by atoms with Crippen LogP contribution in [0.25, 0.3) is 22.2 Å². The standard InChI is InChI=1S/C18H16F3N3O/c1-8-4-11(5-13(9(8)2)16(22)25)12-6-14-15(18(19,20)21)10(3)24-17(14)23-7-12/h4-7H,1-3H3,(H2,22,25)(H,23,24). The number of carbonyl (C=O) groups excluding carboxylic acids is 1. The van der Waals surface area contributed by atoms with Crippen molar-refractivity contribution in [3.05, 3.63) is 52.3 Å². The Labute approximate surface area is 141 Å². The van der Waals surface area contributed by atoms with Crippen LogP contribution < -0.4 is 5.73 Å². The number of hydrogen-bond acceptors (Lipinski definition) is 2. The first-order valence-electron chi connectivity index (χ1n) is 7.56. The van der Waals surface area contributed by atoms with Gasteiger partial charge in [0, 0.05) is 28.4 Å². The lowest BCUT2D eigenvalue weighted by molar-refractivity contribution is -0.136. The number of hydrogen-bond donors (Lipinski definition) is 2. The molecule has 0 bridgehead atoms. The summed E-state index contributed by atoms with van der Waals surface area (Å²) >= 11 is 0. The number of aromatic amines is 1. The van der Waals surface area contributed by atoms with Crippen LogP contribution in [-0.4, -0.2) is 15.9 Å². The molecule has 0 saturated heterocycles. The number of fused-ring (bicyclic) bond motifs is 1. The molecule has 0 radical (unpaired) electrons. The fourth-order valence-electron chi connectivity index (χ4n) is 3.00. The molecule has 130 valence electrons.